The van der Waals surface area contributed by atoms with E-state index in [2.05, 4.69) is 27.5 Å². The number of rotatable bonds is 8. The van der Waals surface area contributed by atoms with Crippen LogP contribution in [0.4, 0.5) is 0 Å². The maximum absolute atomic E-state index is 12.6. The summed E-state index contributed by atoms with van der Waals surface area (Å²) in [6.45, 7) is 4.52. The molecule has 2 N–H and O–H groups in total. The first-order valence-corrected chi connectivity index (χ1v) is 9.84. The Bertz CT molecular complexity index is 706. The highest BCUT2D eigenvalue weighted by molar-refractivity contribution is 5.78. The van der Waals surface area contributed by atoms with Crippen LogP contribution in [-0.2, 0) is 17.8 Å². The largest absolute Gasteiger partial charge is 0.342 e. The zero-order chi connectivity index (χ0) is 19.1. The summed E-state index contributed by atoms with van der Waals surface area (Å²) in [7, 11) is 4.11. The fourth-order valence-corrected chi connectivity index (χ4v) is 3.76. The molecule has 1 aliphatic heterocycles. The van der Waals surface area contributed by atoms with Crippen molar-refractivity contribution in [2.75, 3.05) is 40.3 Å². The normalized spacial score (nSPS) is 15.4. The first kappa shape index (κ1) is 19.6. The van der Waals surface area contributed by atoms with Gasteiger partial charge < -0.3 is 15.1 Å². The summed E-state index contributed by atoms with van der Waals surface area (Å²) in [6, 6.07) is 10.00. The molecule has 2 aromatic rings. The Kier molecular flexibility index (Phi) is 7.01. The van der Waals surface area contributed by atoms with E-state index in [9.17, 15) is 4.79 Å². The average molecular weight is 370 g/mol. The summed E-state index contributed by atoms with van der Waals surface area (Å²) >= 11 is 0. The molecule has 0 atom stereocenters. The van der Waals surface area contributed by atoms with Crippen LogP contribution in [0.3, 0.4) is 0 Å². The molecule has 6 nitrogen and oxygen atoms in total. The molecule has 1 fully saturated rings. The molecule has 0 bridgehead atoms. The number of carbonyl (C=O) groups excluding carboxylic acids is 1. The van der Waals surface area contributed by atoms with Gasteiger partial charge in [-0.3, -0.25) is 9.89 Å². The lowest BCUT2D eigenvalue weighted by Gasteiger charge is -2.32. The molecule has 6 heteroatoms. The summed E-state index contributed by atoms with van der Waals surface area (Å²) in [6.07, 6.45) is 4.49. The number of aromatic nitrogens is 2. The van der Waals surface area contributed by atoms with Crippen molar-refractivity contribution >= 4 is 5.91 Å². The van der Waals surface area contributed by atoms with Gasteiger partial charge in [0.05, 0.1) is 12.1 Å². The molecule has 27 heavy (non-hydrogen) atoms. The first-order valence-electron chi connectivity index (χ1n) is 9.84. The van der Waals surface area contributed by atoms with Crippen molar-refractivity contribution in [3.05, 3.63) is 53.3 Å². The minimum Gasteiger partial charge on any atom is -0.342 e. The summed E-state index contributed by atoms with van der Waals surface area (Å²) in [4.78, 5) is 16.9. The van der Waals surface area contributed by atoms with E-state index in [-0.39, 0.29) is 5.91 Å². The Morgan fingerprint density at radius 1 is 1.30 bits per heavy atom. The van der Waals surface area contributed by atoms with Crippen LogP contribution in [0, 0.1) is 0 Å². The van der Waals surface area contributed by atoms with Gasteiger partial charge in [0.1, 0.15) is 0 Å². The van der Waals surface area contributed by atoms with E-state index in [1.54, 1.807) is 0 Å². The van der Waals surface area contributed by atoms with E-state index in [0.717, 1.165) is 51.1 Å². The molecule has 2 heterocycles. The van der Waals surface area contributed by atoms with Gasteiger partial charge in [0.25, 0.3) is 0 Å². The number of amides is 1. The third-order valence-electron chi connectivity index (χ3n) is 5.37. The SMILES string of the molecule is CNCCN(C)Cc1c[nH]nc1C1CCN(C(=O)Cc2ccccc2)CC1. The van der Waals surface area contributed by atoms with Gasteiger partial charge in [-0.25, -0.2) is 0 Å². The molecular weight excluding hydrogens is 338 g/mol. The molecule has 146 valence electrons. The minimum atomic E-state index is 0.230. The molecule has 1 aliphatic rings. The number of piperidine rings is 1. The number of likely N-dealkylation sites (tertiary alicyclic amines) is 1. The number of H-pyrrole nitrogens is 1. The highest BCUT2D eigenvalue weighted by Gasteiger charge is 2.26. The van der Waals surface area contributed by atoms with E-state index in [1.807, 2.05) is 48.5 Å². The van der Waals surface area contributed by atoms with Crippen LogP contribution in [0.5, 0.6) is 0 Å². The lowest BCUT2D eigenvalue weighted by Crippen LogP contribution is -2.39. The van der Waals surface area contributed by atoms with Gasteiger partial charge in [0.2, 0.25) is 5.91 Å². The van der Waals surface area contributed by atoms with E-state index < -0.39 is 0 Å². The number of hydrogen-bond acceptors (Lipinski definition) is 4. The number of carbonyl (C=O) groups is 1. The predicted octanol–water partition coefficient (Wildman–Crippen LogP) is 2.01. The molecule has 0 radical (unpaired) electrons. The number of nitrogens with one attached hydrogen (secondary N) is 2. The standard InChI is InChI=1S/C21H31N5O/c1-22-10-13-25(2)16-19-15-23-24-21(19)18-8-11-26(12-9-18)20(27)14-17-6-4-3-5-7-17/h3-7,15,18,22H,8-14,16H2,1-2H3,(H,23,24). The second-order valence-electron chi connectivity index (χ2n) is 7.45. The molecular formula is C21H31N5O. The third-order valence-corrected chi connectivity index (χ3v) is 5.37. The smallest absolute Gasteiger partial charge is 0.226 e. The zero-order valence-electron chi connectivity index (χ0n) is 16.4. The van der Waals surface area contributed by atoms with E-state index in [1.165, 1.54) is 11.3 Å². The van der Waals surface area contributed by atoms with Crippen LogP contribution in [0.15, 0.2) is 36.5 Å². The number of likely N-dealkylation sites (N-methyl/N-ethyl adjacent to an activating group) is 2. The number of nitrogens with zero attached hydrogens (tertiary/aromatic N) is 3. The molecule has 1 amide bonds. The van der Waals surface area contributed by atoms with Crippen molar-refractivity contribution in [1.29, 1.82) is 0 Å². The van der Waals surface area contributed by atoms with Crippen LogP contribution in [0.25, 0.3) is 0 Å². The fraction of sp³-hybridized carbons (Fsp3) is 0.524. The summed E-state index contributed by atoms with van der Waals surface area (Å²) in [5, 5.41) is 10.8. The Labute approximate surface area is 161 Å². The maximum atomic E-state index is 12.6. The maximum Gasteiger partial charge on any atom is 0.226 e. The average Bonchev–Trinajstić information content (AvgIpc) is 3.15. The Hall–Kier alpha value is -2.18. The Balaban J connectivity index is 1.52. The van der Waals surface area contributed by atoms with E-state index in [0.29, 0.717) is 12.3 Å². The lowest BCUT2D eigenvalue weighted by molar-refractivity contribution is -0.131. The monoisotopic (exact) mass is 369 g/mol. The topological polar surface area (TPSA) is 64.3 Å². The molecule has 1 aromatic heterocycles. The van der Waals surface area contributed by atoms with Crippen molar-refractivity contribution < 1.29 is 4.79 Å². The van der Waals surface area contributed by atoms with E-state index in [4.69, 9.17) is 0 Å². The number of benzene rings is 1. The van der Waals surface area contributed by atoms with Gasteiger partial charge in [-0.15, -0.1) is 0 Å². The molecule has 0 spiro atoms. The Morgan fingerprint density at radius 3 is 2.74 bits per heavy atom. The second-order valence-corrected chi connectivity index (χ2v) is 7.45. The van der Waals surface area contributed by atoms with Crippen molar-refractivity contribution in [3.63, 3.8) is 0 Å². The van der Waals surface area contributed by atoms with Gasteiger partial charge in [0, 0.05) is 50.4 Å². The predicted molar refractivity (Wildman–Crippen MR) is 108 cm³/mol. The van der Waals surface area contributed by atoms with Gasteiger partial charge in [0.15, 0.2) is 0 Å². The molecule has 1 aromatic carbocycles. The van der Waals surface area contributed by atoms with Crippen molar-refractivity contribution in [3.8, 4) is 0 Å². The van der Waals surface area contributed by atoms with Crippen LogP contribution in [0.1, 0.15) is 35.6 Å². The summed E-state index contributed by atoms with van der Waals surface area (Å²) in [5.74, 6) is 0.665. The lowest BCUT2D eigenvalue weighted by atomic mass is 9.91. The molecule has 3 rings (SSSR count). The van der Waals surface area contributed by atoms with Crippen molar-refractivity contribution in [1.82, 2.24) is 25.3 Å². The van der Waals surface area contributed by atoms with Crippen molar-refractivity contribution in [2.24, 2.45) is 0 Å². The van der Waals surface area contributed by atoms with Crippen molar-refractivity contribution in [2.45, 2.75) is 31.7 Å². The Morgan fingerprint density at radius 2 is 2.04 bits per heavy atom. The fourth-order valence-electron chi connectivity index (χ4n) is 3.76. The summed E-state index contributed by atoms with van der Waals surface area (Å²) in [5.41, 5.74) is 3.55. The molecule has 1 saturated heterocycles. The van der Waals surface area contributed by atoms with Gasteiger partial charge in [-0.1, -0.05) is 30.3 Å². The second kappa shape index (κ2) is 9.67. The van der Waals surface area contributed by atoms with Gasteiger partial charge in [-0.05, 0) is 32.5 Å². The van der Waals surface area contributed by atoms with Crippen LogP contribution in [0.2, 0.25) is 0 Å². The third kappa shape index (κ3) is 5.40. The van der Waals surface area contributed by atoms with Crippen LogP contribution in [-0.4, -0.2) is 66.2 Å². The quantitative estimate of drug-likeness (QED) is 0.747. The van der Waals surface area contributed by atoms with E-state index >= 15 is 0 Å². The molecule has 0 saturated carbocycles. The van der Waals surface area contributed by atoms with Gasteiger partial charge in [-0.2, -0.15) is 5.10 Å². The molecule has 0 unspecified atom stereocenters. The van der Waals surface area contributed by atoms with Crippen LogP contribution < -0.4 is 5.32 Å². The highest BCUT2D eigenvalue weighted by Crippen LogP contribution is 2.29. The number of hydrogen-bond donors (Lipinski definition) is 2. The number of aromatic amines is 1. The molecule has 0 aliphatic carbocycles. The summed E-state index contributed by atoms with van der Waals surface area (Å²) < 4.78 is 0. The highest BCUT2D eigenvalue weighted by atomic mass is 16.2. The zero-order valence-corrected chi connectivity index (χ0v) is 16.4. The van der Waals surface area contributed by atoms with Crippen LogP contribution >= 0.6 is 0 Å². The van der Waals surface area contributed by atoms with Gasteiger partial charge >= 0.3 is 0 Å². The first-order chi connectivity index (χ1) is 13.2. The minimum absolute atomic E-state index is 0.230.